The molecule has 2 N–H and O–H groups in total. The highest BCUT2D eigenvalue weighted by Gasteiger charge is 2.44. The van der Waals surface area contributed by atoms with Gasteiger partial charge in [0.2, 0.25) is 0 Å². The molecule has 1 unspecified atom stereocenters. The Morgan fingerprint density at radius 2 is 1.79 bits per heavy atom. The summed E-state index contributed by atoms with van der Waals surface area (Å²) in [7, 11) is 0. The lowest BCUT2D eigenvalue weighted by Gasteiger charge is -2.36. The van der Waals surface area contributed by atoms with E-state index in [1.807, 2.05) is 6.92 Å². The van der Waals surface area contributed by atoms with E-state index in [2.05, 4.69) is 10.4 Å². The quantitative estimate of drug-likeness (QED) is 0.620. The van der Waals surface area contributed by atoms with Gasteiger partial charge in [-0.2, -0.15) is 18.3 Å². The fourth-order valence-electron chi connectivity index (χ4n) is 4.74. The van der Waals surface area contributed by atoms with Gasteiger partial charge in [-0.25, -0.2) is 4.68 Å². The Kier molecular flexibility index (Phi) is 5.16. The van der Waals surface area contributed by atoms with Crippen molar-refractivity contribution >= 4 is 5.91 Å². The summed E-state index contributed by atoms with van der Waals surface area (Å²) in [5.74, 6) is -0.219. The zero-order chi connectivity index (χ0) is 23.3. The Bertz CT molecular complexity index is 1200. The molecular formula is C24H23F3N4O2. The summed E-state index contributed by atoms with van der Waals surface area (Å²) in [5, 5.41) is 18.1. The Morgan fingerprint density at radius 1 is 1.09 bits per heavy atom. The van der Waals surface area contributed by atoms with Crippen LogP contribution < -0.4 is 5.32 Å². The summed E-state index contributed by atoms with van der Waals surface area (Å²) in [6.45, 7) is 3.42. The number of nitrogens with one attached hydrogen (secondary N) is 1. The second kappa shape index (κ2) is 7.91. The first-order valence-corrected chi connectivity index (χ1v) is 10.8. The molecule has 1 aromatic heterocycles. The minimum Gasteiger partial charge on any atom is -0.506 e. The number of nitrogens with zero attached hydrogens (tertiary/aromatic N) is 3. The molecule has 2 aromatic carbocycles. The molecule has 0 radical (unpaired) electrons. The van der Waals surface area contributed by atoms with Gasteiger partial charge in [0, 0.05) is 17.8 Å². The smallest absolute Gasteiger partial charge is 0.416 e. The van der Waals surface area contributed by atoms with Crippen molar-refractivity contribution in [2.45, 2.75) is 38.0 Å². The molecule has 0 saturated carbocycles. The van der Waals surface area contributed by atoms with Gasteiger partial charge in [0.15, 0.2) is 5.69 Å². The molecule has 0 aliphatic carbocycles. The summed E-state index contributed by atoms with van der Waals surface area (Å²) < 4.78 is 40.8. The number of phenolic OH excluding ortho intramolecular Hbond substituents is 1. The molecule has 1 saturated heterocycles. The van der Waals surface area contributed by atoms with E-state index < -0.39 is 17.8 Å². The van der Waals surface area contributed by atoms with E-state index in [9.17, 15) is 23.1 Å². The maximum Gasteiger partial charge on any atom is 0.416 e. The number of amides is 1. The van der Waals surface area contributed by atoms with Crippen molar-refractivity contribution in [3.63, 3.8) is 0 Å². The zero-order valence-electron chi connectivity index (χ0n) is 17.9. The van der Waals surface area contributed by atoms with E-state index in [4.69, 9.17) is 0 Å². The molecule has 33 heavy (non-hydrogen) atoms. The van der Waals surface area contributed by atoms with Crippen molar-refractivity contribution in [3.05, 3.63) is 76.6 Å². The topological polar surface area (TPSA) is 70.4 Å². The van der Waals surface area contributed by atoms with Crippen LogP contribution in [0.3, 0.4) is 0 Å². The number of piperidine rings is 1. The van der Waals surface area contributed by atoms with Crippen LogP contribution in [-0.4, -0.2) is 44.8 Å². The van der Waals surface area contributed by atoms with Gasteiger partial charge in [-0.1, -0.05) is 18.2 Å². The fourth-order valence-corrected chi connectivity index (χ4v) is 4.74. The van der Waals surface area contributed by atoms with E-state index >= 15 is 0 Å². The first kappa shape index (κ1) is 21.5. The highest BCUT2D eigenvalue weighted by molar-refractivity contribution is 5.98. The number of fused-ring (bicyclic) bond motifs is 1. The molecule has 1 atom stereocenters. The Balaban J connectivity index is 1.60. The van der Waals surface area contributed by atoms with Crippen LogP contribution >= 0.6 is 0 Å². The predicted molar refractivity (Wildman–Crippen MR) is 115 cm³/mol. The Hall–Kier alpha value is -3.33. The zero-order valence-corrected chi connectivity index (χ0v) is 17.9. The molecule has 0 bridgehead atoms. The van der Waals surface area contributed by atoms with Crippen LogP contribution in [0, 0.1) is 6.92 Å². The molecule has 1 fully saturated rings. The van der Waals surface area contributed by atoms with Crippen LogP contribution in [0.4, 0.5) is 13.2 Å². The minimum absolute atomic E-state index is 0.0236. The van der Waals surface area contributed by atoms with E-state index in [0.717, 1.165) is 43.6 Å². The van der Waals surface area contributed by atoms with E-state index in [1.165, 1.54) is 16.8 Å². The number of aromatic nitrogens is 2. The standard InChI is InChI=1S/C24H23F3N4O2/c1-14-2-7-20(32)19(12-14)30-13-18-21(29-30)23(33)31(17-8-10-28-11-9-17)22(18)15-3-5-16(6-4-15)24(25,26)27/h2-7,12-13,17,22,28,32H,8-11H2,1H3. The summed E-state index contributed by atoms with van der Waals surface area (Å²) in [6, 6.07) is 9.49. The van der Waals surface area contributed by atoms with Gasteiger partial charge >= 0.3 is 6.18 Å². The summed E-state index contributed by atoms with van der Waals surface area (Å²) >= 11 is 0. The maximum atomic E-state index is 13.5. The number of rotatable bonds is 3. The number of phenols is 1. The lowest BCUT2D eigenvalue weighted by atomic mass is 9.97. The van der Waals surface area contributed by atoms with Crippen molar-refractivity contribution in [2.24, 2.45) is 0 Å². The minimum atomic E-state index is -4.43. The SMILES string of the molecule is Cc1ccc(O)c(-n2cc3c(n2)C(=O)N(C2CCNCC2)C3c2ccc(C(F)(F)F)cc2)c1. The third-order valence-electron chi connectivity index (χ3n) is 6.39. The van der Waals surface area contributed by atoms with Crippen molar-refractivity contribution in [1.29, 1.82) is 0 Å². The number of aromatic hydroxyl groups is 1. The van der Waals surface area contributed by atoms with Crippen LogP contribution in [0.1, 0.15) is 51.6 Å². The molecule has 3 heterocycles. The van der Waals surface area contributed by atoms with E-state index in [-0.39, 0.29) is 23.4 Å². The van der Waals surface area contributed by atoms with Gasteiger partial charge in [0.05, 0.1) is 11.6 Å². The number of carbonyl (C=O) groups excluding carboxylic acids is 1. The fraction of sp³-hybridized carbons (Fsp3) is 0.333. The lowest BCUT2D eigenvalue weighted by molar-refractivity contribution is -0.137. The number of halogens is 3. The summed E-state index contributed by atoms with van der Waals surface area (Å²) in [6.07, 6.45) is -1.22. The van der Waals surface area contributed by atoms with Gasteiger partial charge in [-0.15, -0.1) is 0 Å². The molecule has 6 nitrogen and oxygen atoms in total. The number of hydrogen-bond acceptors (Lipinski definition) is 4. The van der Waals surface area contributed by atoms with Gasteiger partial charge < -0.3 is 15.3 Å². The average molecular weight is 456 g/mol. The van der Waals surface area contributed by atoms with Crippen molar-refractivity contribution < 1.29 is 23.1 Å². The van der Waals surface area contributed by atoms with Gasteiger partial charge in [-0.3, -0.25) is 4.79 Å². The highest BCUT2D eigenvalue weighted by Crippen LogP contribution is 2.42. The van der Waals surface area contributed by atoms with Crippen molar-refractivity contribution in [1.82, 2.24) is 20.0 Å². The van der Waals surface area contributed by atoms with Crippen LogP contribution in [-0.2, 0) is 6.18 Å². The van der Waals surface area contributed by atoms with Crippen LogP contribution in [0.15, 0.2) is 48.7 Å². The van der Waals surface area contributed by atoms with Gasteiger partial charge in [0.25, 0.3) is 5.91 Å². The van der Waals surface area contributed by atoms with Crippen molar-refractivity contribution in [3.8, 4) is 11.4 Å². The molecule has 2 aliphatic rings. The monoisotopic (exact) mass is 456 g/mol. The summed E-state index contributed by atoms with van der Waals surface area (Å²) in [5.41, 5.74) is 2.11. The van der Waals surface area contributed by atoms with Crippen LogP contribution in [0.25, 0.3) is 5.69 Å². The summed E-state index contributed by atoms with van der Waals surface area (Å²) in [4.78, 5) is 15.3. The highest BCUT2D eigenvalue weighted by atomic mass is 19.4. The predicted octanol–water partition coefficient (Wildman–Crippen LogP) is 4.20. The first-order chi connectivity index (χ1) is 15.7. The second-order valence-corrected chi connectivity index (χ2v) is 8.59. The third kappa shape index (κ3) is 3.76. The second-order valence-electron chi connectivity index (χ2n) is 8.59. The molecule has 3 aromatic rings. The van der Waals surface area contributed by atoms with Crippen LogP contribution in [0.2, 0.25) is 0 Å². The molecule has 2 aliphatic heterocycles. The number of aryl methyl sites for hydroxylation is 1. The molecular weight excluding hydrogens is 433 g/mol. The van der Waals surface area contributed by atoms with Gasteiger partial charge in [0.1, 0.15) is 11.4 Å². The lowest BCUT2D eigenvalue weighted by Crippen LogP contribution is -2.45. The maximum absolute atomic E-state index is 13.5. The average Bonchev–Trinajstić information content (AvgIpc) is 3.33. The van der Waals surface area contributed by atoms with E-state index in [0.29, 0.717) is 16.8 Å². The van der Waals surface area contributed by atoms with E-state index in [1.54, 1.807) is 29.3 Å². The number of carbonyl (C=O) groups is 1. The number of alkyl halides is 3. The Morgan fingerprint density at radius 3 is 2.45 bits per heavy atom. The first-order valence-electron chi connectivity index (χ1n) is 10.8. The molecule has 0 spiro atoms. The molecule has 9 heteroatoms. The van der Waals surface area contributed by atoms with Crippen molar-refractivity contribution in [2.75, 3.05) is 13.1 Å². The normalized spacial score (nSPS) is 19.2. The molecule has 172 valence electrons. The van der Waals surface area contributed by atoms with Gasteiger partial charge in [-0.05, 0) is 68.2 Å². The third-order valence-corrected chi connectivity index (χ3v) is 6.39. The Labute approximate surface area is 188 Å². The largest absolute Gasteiger partial charge is 0.506 e. The molecule has 1 amide bonds. The molecule has 5 rings (SSSR count). The van der Waals surface area contributed by atoms with Crippen LogP contribution in [0.5, 0.6) is 5.75 Å². The number of benzene rings is 2. The number of hydrogen-bond donors (Lipinski definition) is 2.